The van der Waals surface area contributed by atoms with Crippen LogP contribution in [0.4, 0.5) is 0 Å². The Morgan fingerprint density at radius 2 is 2.28 bits per heavy atom. The number of hydrogen-bond donors (Lipinski definition) is 1. The number of aromatic nitrogens is 2. The van der Waals surface area contributed by atoms with Gasteiger partial charge in [0.25, 0.3) is 0 Å². The molecule has 0 aliphatic heterocycles. The first kappa shape index (κ1) is 13.5. The molecule has 1 aromatic rings. The molecule has 3 atom stereocenters. The van der Waals surface area contributed by atoms with Crippen molar-refractivity contribution in [1.82, 2.24) is 15.5 Å². The fourth-order valence-corrected chi connectivity index (χ4v) is 2.87. The Balaban J connectivity index is 1.92. The highest BCUT2D eigenvalue weighted by Crippen LogP contribution is 2.34. The maximum atomic E-state index is 5.37. The van der Waals surface area contributed by atoms with Crippen molar-refractivity contribution in [3.05, 3.63) is 11.7 Å². The van der Waals surface area contributed by atoms with E-state index in [-0.39, 0.29) is 0 Å². The Hall–Kier alpha value is -0.900. The molecule has 0 spiro atoms. The predicted molar refractivity (Wildman–Crippen MR) is 71.5 cm³/mol. The van der Waals surface area contributed by atoms with Gasteiger partial charge in [-0.3, -0.25) is 0 Å². The lowest BCUT2D eigenvalue weighted by molar-refractivity contribution is 0.318. The molecule has 4 heteroatoms. The first-order valence-corrected chi connectivity index (χ1v) is 7.25. The van der Waals surface area contributed by atoms with E-state index in [2.05, 4.69) is 36.2 Å². The molecular formula is C14H25N3O. The van der Waals surface area contributed by atoms with Crippen molar-refractivity contribution in [2.45, 2.75) is 64.8 Å². The molecule has 102 valence electrons. The minimum Gasteiger partial charge on any atom is -0.339 e. The third kappa shape index (κ3) is 3.55. The van der Waals surface area contributed by atoms with Crippen LogP contribution in [0.25, 0.3) is 0 Å². The second-order valence-electron chi connectivity index (χ2n) is 5.68. The van der Waals surface area contributed by atoms with Gasteiger partial charge in [0.1, 0.15) is 0 Å². The average Bonchev–Trinajstić information content (AvgIpc) is 2.78. The van der Waals surface area contributed by atoms with Gasteiger partial charge in [-0.05, 0) is 32.2 Å². The molecule has 2 rings (SSSR count). The molecule has 1 aromatic heterocycles. The fourth-order valence-electron chi connectivity index (χ4n) is 2.87. The summed E-state index contributed by atoms with van der Waals surface area (Å²) in [5.74, 6) is 3.02. The molecule has 1 aliphatic rings. The van der Waals surface area contributed by atoms with Crippen molar-refractivity contribution < 1.29 is 4.52 Å². The lowest BCUT2D eigenvalue weighted by Crippen LogP contribution is -2.27. The van der Waals surface area contributed by atoms with Gasteiger partial charge >= 0.3 is 0 Å². The van der Waals surface area contributed by atoms with Crippen molar-refractivity contribution in [1.29, 1.82) is 0 Å². The van der Waals surface area contributed by atoms with Crippen LogP contribution in [0.1, 0.15) is 64.1 Å². The monoisotopic (exact) mass is 251 g/mol. The average molecular weight is 251 g/mol. The Kier molecular flexibility index (Phi) is 4.75. The Labute approximate surface area is 110 Å². The number of nitrogens with one attached hydrogen (secondary N) is 1. The minimum atomic E-state index is 0.397. The van der Waals surface area contributed by atoms with Crippen LogP contribution in [0, 0.1) is 5.92 Å². The first-order chi connectivity index (χ1) is 8.69. The third-order valence-corrected chi connectivity index (χ3v) is 3.82. The maximum absolute atomic E-state index is 5.37. The normalized spacial score (nSPS) is 26.2. The summed E-state index contributed by atoms with van der Waals surface area (Å²) >= 11 is 0. The third-order valence-electron chi connectivity index (χ3n) is 3.82. The van der Waals surface area contributed by atoms with E-state index in [4.69, 9.17) is 4.52 Å². The number of hydrogen-bond acceptors (Lipinski definition) is 4. The molecule has 1 heterocycles. The zero-order valence-corrected chi connectivity index (χ0v) is 11.8. The Morgan fingerprint density at radius 3 is 3.00 bits per heavy atom. The lowest BCUT2D eigenvalue weighted by Gasteiger charge is -2.23. The second kappa shape index (κ2) is 6.32. The minimum absolute atomic E-state index is 0.397. The van der Waals surface area contributed by atoms with E-state index < -0.39 is 0 Å². The fraction of sp³-hybridized carbons (Fsp3) is 0.857. The summed E-state index contributed by atoms with van der Waals surface area (Å²) < 4.78 is 5.37. The Morgan fingerprint density at radius 1 is 1.44 bits per heavy atom. The molecule has 0 bridgehead atoms. The van der Waals surface area contributed by atoms with Gasteiger partial charge < -0.3 is 9.84 Å². The van der Waals surface area contributed by atoms with E-state index in [0.29, 0.717) is 12.0 Å². The molecule has 3 unspecified atom stereocenters. The van der Waals surface area contributed by atoms with E-state index in [1.807, 2.05) is 0 Å². The zero-order valence-electron chi connectivity index (χ0n) is 11.8. The van der Waals surface area contributed by atoms with E-state index in [1.54, 1.807) is 0 Å². The van der Waals surface area contributed by atoms with Crippen molar-refractivity contribution in [2.24, 2.45) is 5.92 Å². The van der Waals surface area contributed by atoms with Crippen molar-refractivity contribution in [3.63, 3.8) is 0 Å². The highest BCUT2D eigenvalue weighted by atomic mass is 16.5. The largest absolute Gasteiger partial charge is 0.339 e. The first-order valence-electron chi connectivity index (χ1n) is 7.25. The molecular weight excluding hydrogens is 226 g/mol. The molecule has 18 heavy (non-hydrogen) atoms. The molecule has 0 radical (unpaired) electrons. The summed E-state index contributed by atoms with van der Waals surface area (Å²) in [5.41, 5.74) is 0. The van der Waals surface area contributed by atoms with Crippen LogP contribution in [0.2, 0.25) is 0 Å². The number of likely N-dealkylation sites (N-methyl/N-ethyl adjacent to an activating group) is 1. The quantitative estimate of drug-likeness (QED) is 0.874. The van der Waals surface area contributed by atoms with Crippen molar-refractivity contribution in [3.8, 4) is 0 Å². The van der Waals surface area contributed by atoms with Crippen LogP contribution in [0.15, 0.2) is 4.52 Å². The summed E-state index contributed by atoms with van der Waals surface area (Å²) in [6.45, 7) is 7.55. The van der Waals surface area contributed by atoms with E-state index in [9.17, 15) is 0 Å². The highest BCUT2D eigenvalue weighted by Gasteiger charge is 2.24. The van der Waals surface area contributed by atoms with Gasteiger partial charge in [-0.25, -0.2) is 0 Å². The number of rotatable bonds is 5. The SMILES string of the molecule is CCNC(C)Cc1nc(C2CCCC(C)C2)no1. The molecule has 4 nitrogen and oxygen atoms in total. The van der Waals surface area contributed by atoms with Crippen LogP contribution in [0.5, 0.6) is 0 Å². The summed E-state index contributed by atoms with van der Waals surface area (Å²) in [4.78, 5) is 4.57. The van der Waals surface area contributed by atoms with Crippen molar-refractivity contribution in [2.75, 3.05) is 6.54 Å². The highest BCUT2D eigenvalue weighted by molar-refractivity contribution is 4.98. The molecule has 1 fully saturated rings. The molecule has 1 saturated carbocycles. The van der Waals surface area contributed by atoms with Crippen LogP contribution < -0.4 is 5.32 Å². The second-order valence-corrected chi connectivity index (χ2v) is 5.68. The summed E-state index contributed by atoms with van der Waals surface area (Å²) in [5, 5.41) is 7.54. The van der Waals surface area contributed by atoms with Gasteiger partial charge in [-0.1, -0.05) is 31.8 Å². The zero-order chi connectivity index (χ0) is 13.0. The number of nitrogens with zero attached hydrogens (tertiary/aromatic N) is 2. The van der Waals surface area contributed by atoms with E-state index in [1.165, 1.54) is 25.7 Å². The lowest BCUT2D eigenvalue weighted by atomic mass is 9.82. The van der Waals surface area contributed by atoms with E-state index in [0.717, 1.165) is 30.6 Å². The van der Waals surface area contributed by atoms with E-state index >= 15 is 0 Å². The Bertz CT molecular complexity index is 364. The van der Waals surface area contributed by atoms with Gasteiger partial charge in [-0.15, -0.1) is 0 Å². The summed E-state index contributed by atoms with van der Waals surface area (Å²) in [6, 6.07) is 0.397. The topological polar surface area (TPSA) is 51.0 Å². The van der Waals surface area contributed by atoms with Crippen molar-refractivity contribution >= 4 is 0 Å². The molecule has 1 N–H and O–H groups in total. The maximum Gasteiger partial charge on any atom is 0.228 e. The van der Waals surface area contributed by atoms with Gasteiger partial charge in [-0.2, -0.15) is 4.98 Å². The van der Waals surface area contributed by atoms with Gasteiger partial charge in [0, 0.05) is 18.4 Å². The van der Waals surface area contributed by atoms with Gasteiger partial charge in [0.2, 0.25) is 5.89 Å². The van der Waals surface area contributed by atoms with Crippen LogP contribution in [0.3, 0.4) is 0 Å². The van der Waals surface area contributed by atoms with Gasteiger partial charge in [0.05, 0.1) is 0 Å². The summed E-state index contributed by atoms with van der Waals surface area (Å²) in [6.07, 6.45) is 5.89. The smallest absolute Gasteiger partial charge is 0.228 e. The molecule has 1 aliphatic carbocycles. The predicted octanol–water partition coefficient (Wildman–Crippen LogP) is 2.90. The molecule has 0 amide bonds. The van der Waals surface area contributed by atoms with Crippen LogP contribution in [-0.2, 0) is 6.42 Å². The standard InChI is InChI=1S/C14H25N3O/c1-4-15-11(3)9-13-16-14(17-18-13)12-7-5-6-10(2)8-12/h10-12,15H,4-9H2,1-3H3. The molecule has 0 saturated heterocycles. The molecule has 0 aromatic carbocycles. The summed E-state index contributed by atoms with van der Waals surface area (Å²) in [7, 11) is 0. The van der Waals surface area contributed by atoms with Gasteiger partial charge in [0.15, 0.2) is 5.82 Å². The van der Waals surface area contributed by atoms with Crippen LogP contribution in [-0.4, -0.2) is 22.7 Å². The van der Waals surface area contributed by atoms with Crippen LogP contribution >= 0.6 is 0 Å².